The largest absolute Gasteiger partial charge is 0.460 e. The highest BCUT2D eigenvalue weighted by atomic mass is 16.6. The van der Waals surface area contributed by atoms with Crippen molar-refractivity contribution in [3.05, 3.63) is 11.6 Å². The van der Waals surface area contributed by atoms with Gasteiger partial charge in [0.15, 0.2) is 0 Å². The quantitative estimate of drug-likeness (QED) is 0.358. The fourth-order valence-electron chi connectivity index (χ4n) is 0.777. The van der Waals surface area contributed by atoms with Crippen molar-refractivity contribution in [2.24, 2.45) is 0 Å². The summed E-state index contributed by atoms with van der Waals surface area (Å²) in [6, 6.07) is 0. The maximum absolute atomic E-state index is 11.1. The smallest absolute Gasteiger partial charge is 0.333 e. The molecule has 0 aliphatic carbocycles. The minimum atomic E-state index is -0.239. The number of hydrogen-bond donors (Lipinski definition) is 0. The third-order valence-electron chi connectivity index (χ3n) is 1.51. The summed E-state index contributed by atoms with van der Waals surface area (Å²) in [7, 11) is 1.57. The van der Waals surface area contributed by atoms with Gasteiger partial charge in [-0.3, -0.25) is 0 Å². The lowest BCUT2D eigenvalue weighted by Crippen LogP contribution is -2.11. The molecule has 0 heterocycles. The molecule has 0 aliphatic rings. The van der Waals surface area contributed by atoms with Gasteiger partial charge in [-0.15, -0.1) is 0 Å². The van der Waals surface area contributed by atoms with E-state index in [0.29, 0.717) is 25.2 Å². The molecule has 0 saturated carbocycles. The first kappa shape index (κ1) is 11.2. The molecule has 0 atom stereocenters. The van der Waals surface area contributed by atoms with Crippen LogP contribution in [0.4, 0.5) is 0 Å². The van der Waals surface area contributed by atoms with Gasteiger partial charge in [0.05, 0.1) is 6.61 Å². The maximum Gasteiger partial charge on any atom is 0.333 e. The van der Waals surface area contributed by atoms with Crippen LogP contribution in [0, 0.1) is 0 Å². The Morgan fingerprint density at radius 3 is 2.50 bits per heavy atom. The fraction of sp³-hybridized carbons (Fsp3) is 0.667. The molecule has 0 fully saturated rings. The average Bonchev–Trinajstić information content (AvgIpc) is 2.07. The third-order valence-corrected chi connectivity index (χ3v) is 1.51. The van der Waals surface area contributed by atoms with Crippen LogP contribution in [0.5, 0.6) is 0 Å². The van der Waals surface area contributed by atoms with Gasteiger partial charge in [-0.1, -0.05) is 13.0 Å². The molecule has 0 spiro atoms. The van der Waals surface area contributed by atoms with Gasteiger partial charge in [-0.25, -0.2) is 4.79 Å². The lowest BCUT2D eigenvalue weighted by Gasteiger charge is -2.04. The van der Waals surface area contributed by atoms with Crippen LogP contribution >= 0.6 is 0 Å². The van der Waals surface area contributed by atoms with Gasteiger partial charge in [-0.05, 0) is 13.3 Å². The second-order valence-corrected chi connectivity index (χ2v) is 2.30. The van der Waals surface area contributed by atoms with Crippen LogP contribution in [0.1, 0.15) is 20.3 Å². The molecule has 0 aromatic heterocycles. The normalized spacial score (nSPS) is 11.4. The molecule has 0 radical (unpaired) electrons. The van der Waals surface area contributed by atoms with E-state index in [-0.39, 0.29) is 5.97 Å². The van der Waals surface area contributed by atoms with E-state index in [2.05, 4.69) is 0 Å². The van der Waals surface area contributed by atoms with Crippen molar-refractivity contribution in [3.8, 4) is 0 Å². The zero-order valence-corrected chi connectivity index (χ0v) is 7.92. The molecule has 0 aromatic carbocycles. The van der Waals surface area contributed by atoms with Crippen molar-refractivity contribution < 1.29 is 14.3 Å². The second-order valence-electron chi connectivity index (χ2n) is 2.30. The van der Waals surface area contributed by atoms with Crippen molar-refractivity contribution in [3.63, 3.8) is 0 Å². The highest BCUT2D eigenvalue weighted by Gasteiger charge is 2.06. The zero-order valence-electron chi connectivity index (χ0n) is 7.92. The topological polar surface area (TPSA) is 35.5 Å². The summed E-state index contributed by atoms with van der Waals surface area (Å²) in [4.78, 5) is 11.1. The van der Waals surface area contributed by atoms with Crippen LogP contribution in [0.25, 0.3) is 0 Å². The Kier molecular flexibility index (Phi) is 6.38. The molecular formula is C9H16O3. The first-order valence-electron chi connectivity index (χ1n) is 4.07. The third kappa shape index (κ3) is 4.13. The van der Waals surface area contributed by atoms with E-state index in [1.807, 2.05) is 13.8 Å². The van der Waals surface area contributed by atoms with Crippen LogP contribution in [0.15, 0.2) is 11.6 Å². The van der Waals surface area contributed by atoms with Crippen molar-refractivity contribution >= 4 is 5.97 Å². The molecule has 12 heavy (non-hydrogen) atoms. The molecule has 70 valence electrons. The predicted molar refractivity (Wildman–Crippen MR) is 46.9 cm³/mol. The van der Waals surface area contributed by atoms with Gasteiger partial charge in [0.1, 0.15) is 6.61 Å². The van der Waals surface area contributed by atoms with Crippen molar-refractivity contribution in [2.45, 2.75) is 20.3 Å². The summed E-state index contributed by atoms with van der Waals surface area (Å²) < 4.78 is 9.64. The molecule has 0 bridgehead atoms. The fourth-order valence-corrected chi connectivity index (χ4v) is 0.777. The number of hydrogen-bond acceptors (Lipinski definition) is 3. The second kappa shape index (κ2) is 6.85. The van der Waals surface area contributed by atoms with Gasteiger partial charge in [0.25, 0.3) is 0 Å². The molecule has 3 heteroatoms. The number of esters is 1. The Balaban J connectivity index is 3.71. The molecular weight excluding hydrogens is 156 g/mol. The minimum Gasteiger partial charge on any atom is -0.460 e. The van der Waals surface area contributed by atoms with Crippen LogP contribution < -0.4 is 0 Å². The van der Waals surface area contributed by atoms with Crippen molar-refractivity contribution in [2.75, 3.05) is 20.3 Å². The van der Waals surface area contributed by atoms with E-state index in [1.165, 1.54) is 0 Å². The summed E-state index contributed by atoms with van der Waals surface area (Å²) >= 11 is 0. The number of ether oxygens (including phenoxy) is 2. The average molecular weight is 172 g/mol. The number of carbonyl (C=O) groups is 1. The van der Waals surface area contributed by atoms with Crippen LogP contribution in [-0.4, -0.2) is 26.3 Å². The van der Waals surface area contributed by atoms with E-state index in [9.17, 15) is 4.79 Å². The number of rotatable bonds is 5. The Morgan fingerprint density at radius 2 is 2.08 bits per heavy atom. The Labute approximate surface area is 73.4 Å². The Hall–Kier alpha value is -0.830. The van der Waals surface area contributed by atoms with E-state index >= 15 is 0 Å². The number of allylic oxidation sites excluding steroid dienone is 1. The summed E-state index contributed by atoms with van der Waals surface area (Å²) in [6.07, 6.45) is 2.48. The Morgan fingerprint density at radius 1 is 1.42 bits per heavy atom. The van der Waals surface area contributed by atoms with Gasteiger partial charge in [0, 0.05) is 12.7 Å². The molecule has 0 aromatic rings. The van der Waals surface area contributed by atoms with Gasteiger partial charge in [0.2, 0.25) is 0 Å². The summed E-state index contributed by atoms with van der Waals surface area (Å²) in [6.45, 7) is 4.53. The lowest BCUT2D eigenvalue weighted by atomic mass is 10.2. The number of carbonyl (C=O) groups excluding carboxylic acids is 1. The summed E-state index contributed by atoms with van der Waals surface area (Å²) in [5, 5.41) is 0. The summed E-state index contributed by atoms with van der Waals surface area (Å²) in [5.41, 5.74) is 0.714. The van der Waals surface area contributed by atoms with E-state index < -0.39 is 0 Å². The van der Waals surface area contributed by atoms with Crippen molar-refractivity contribution in [1.29, 1.82) is 0 Å². The van der Waals surface area contributed by atoms with E-state index in [1.54, 1.807) is 13.2 Å². The SMILES string of the molecule is C/C=C(/CC)C(=O)OCCOC. The highest BCUT2D eigenvalue weighted by Crippen LogP contribution is 2.02. The predicted octanol–water partition coefficient (Wildman–Crippen LogP) is 1.53. The molecule has 0 unspecified atom stereocenters. The molecule has 0 N–H and O–H groups in total. The van der Waals surface area contributed by atoms with Crippen molar-refractivity contribution in [1.82, 2.24) is 0 Å². The Bertz CT molecular complexity index is 161. The number of methoxy groups -OCH3 is 1. The van der Waals surface area contributed by atoms with E-state index in [4.69, 9.17) is 9.47 Å². The minimum absolute atomic E-state index is 0.239. The standard InChI is InChI=1S/C9H16O3/c1-4-8(5-2)9(10)12-7-6-11-3/h4H,5-7H2,1-3H3/b8-4-. The van der Waals surface area contributed by atoms with E-state index in [0.717, 1.165) is 0 Å². The van der Waals surface area contributed by atoms with Gasteiger partial charge in [-0.2, -0.15) is 0 Å². The monoisotopic (exact) mass is 172 g/mol. The lowest BCUT2D eigenvalue weighted by molar-refractivity contribution is -0.140. The molecule has 3 nitrogen and oxygen atoms in total. The molecule has 0 saturated heterocycles. The zero-order chi connectivity index (χ0) is 9.40. The first-order valence-corrected chi connectivity index (χ1v) is 4.07. The molecule has 0 rings (SSSR count). The van der Waals surface area contributed by atoms with Crippen LogP contribution in [-0.2, 0) is 14.3 Å². The molecule has 0 amide bonds. The first-order chi connectivity index (χ1) is 5.76. The molecule has 0 aliphatic heterocycles. The van der Waals surface area contributed by atoms with Gasteiger partial charge < -0.3 is 9.47 Å². The van der Waals surface area contributed by atoms with Crippen LogP contribution in [0.3, 0.4) is 0 Å². The maximum atomic E-state index is 11.1. The summed E-state index contributed by atoms with van der Waals surface area (Å²) in [5.74, 6) is -0.239. The van der Waals surface area contributed by atoms with Crippen LogP contribution in [0.2, 0.25) is 0 Å². The highest BCUT2D eigenvalue weighted by molar-refractivity contribution is 5.88. The van der Waals surface area contributed by atoms with Gasteiger partial charge >= 0.3 is 5.97 Å².